The van der Waals surface area contributed by atoms with Crippen molar-refractivity contribution in [1.82, 2.24) is 10.7 Å². The largest absolute Gasteiger partial charge is 0.379 e. The topological polar surface area (TPSA) is 93.4 Å². The molecule has 0 aromatic rings. The second-order valence-electron chi connectivity index (χ2n) is 2.41. The molecule has 0 aliphatic rings. The molecule has 2 amide bonds. The van der Waals surface area contributed by atoms with Crippen molar-refractivity contribution in [3.63, 3.8) is 0 Å². The number of rotatable bonds is 6. The zero-order chi connectivity index (χ0) is 10.1. The van der Waals surface area contributed by atoms with Gasteiger partial charge in [-0.2, -0.15) is 0 Å². The summed E-state index contributed by atoms with van der Waals surface area (Å²) in [7, 11) is 0. The van der Waals surface area contributed by atoms with Crippen molar-refractivity contribution in [2.45, 2.75) is 13.3 Å². The highest BCUT2D eigenvalue weighted by Gasteiger charge is 1.97. The molecule has 76 valence electrons. The van der Waals surface area contributed by atoms with Gasteiger partial charge in [0.1, 0.15) is 0 Å². The van der Waals surface area contributed by atoms with Gasteiger partial charge >= 0.3 is 0 Å². The van der Waals surface area contributed by atoms with Crippen LogP contribution in [-0.4, -0.2) is 31.6 Å². The molecule has 0 radical (unpaired) electrons. The van der Waals surface area contributed by atoms with E-state index < -0.39 is 0 Å². The van der Waals surface area contributed by atoms with Crippen LogP contribution < -0.4 is 16.6 Å². The lowest BCUT2D eigenvalue weighted by Crippen LogP contribution is -2.31. The molecular weight excluding hydrogens is 174 g/mol. The number of hydrogen-bond acceptors (Lipinski definition) is 4. The van der Waals surface area contributed by atoms with Crippen molar-refractivity contribution >= 4 is 11.8 Å². The Hall–Kier alpha value is -1.14. The number of carbonyl (C=O) groups is 2. The second-order valence-corrected chi connectivity index (χ2v) is 2.41. The average Bonchev–Trinajstić information content (AvgIpc) is 2.10. The van der Waals surface area contributed by atoms with Gasteiger partial charge < -0.3 is 10.1 Å². The van der Waals surface area contributed by atoms with Crippen LogP contribution in [0.4, 0.5) is 0 Å². The molecule has 0 aliphatic carbocycles. The van der Waals surface area contributed by atoms with Crippen LogP contribution in [0.2, 0.25) is 0 Å². The van der Waals surface area contributed by atoms with Crippen LogP contribution in [0.25, 0.3) is 0 Å². The molecule has 6 nitrogen and oxygen atoms in total. The van der Waals surface area contributed by atoms with E-state index in [-0.39, 0.29) is 18.2 Å². The van der Waals surface area contributed by atoms with E-state index in [4.69, 9.17) is 10.6 Å². The van der Waals surface area contributed by atoms with Crippen LogP contribution in [-0.2, 0) is 14.3 Å². The first-order chi connectivity index (χ1) is 6.16. The molecule has 0 spiro atoms. The van der Waals surface area contributed by atoms with Crippen LogP contribution in [0.1, 0.15) is 13.3 Å². The number of nitrogens with two attached hydrogens (primary N) is 1. The predicted octanol–water partition coefficient (Wildman–Crippen LogP) is -1.48. The van der Waals surface area contributed by atoms with E-state index in [2.05, 4.69) is 5.32 Å². The molecule has 0 rings (SSSR count). The summed E-state index contributed by atoms with van der Waals surface area (Å²) in [4.78, 5) is 21.0. The van der Waals surface area contributed by atoms with Gasteiger partial charge in [-0.3, -0.25) is 15.0 Å². The highest BCUT2D eigenvalue weighted by Crippen LogP contribution is 1.81. The summed E-state index contributed by atoms with van der Waals surface area (Å²) < 4.78 is 5.03. The van der Waals surface area contributed by atoms with E-state index in [1.807, 2.05) is 5.43 Å². The molecule has 0 saturated carbocycles. The number of nitrogens with one attached hydrogen (secondary N) is 2. The lowest BCUT2D eigenvalue weighted by Gasteiger charge is -2.03. The summed E-state index contributed by atoms with van der Waals surface area (Å²) in [5.41, 5.74) is 1.99. The Labute approximate surface area is 76.8 Å². The third-order valence-corrected chi connectivity index (χ3v) is 1.25. The zero-order valence-electron chi connectivity index (χ0n) is 7.63. The zero-order valence-corrected chi connectivity index (χ0v) is 7.63. The van der Waals surface area contributed by atoms with Crippen molar-refractivity contribution in [1.29, 1.82) is 0 Å². The summed E-state index contributed by atoms with van der Waals surface area (Å²) in [5.74, 6) is 4.48. The molecule has 0 bridgehead atoms. The summed E-state index contributed by atoms with van der Waals surface area (Å²) >= 11 is 0. The Kier molecular flexibility index (Phi) is 6.85. The standard InChI is InChI=1S/C7H15N3O3/c1-6(11)9-3-5-13-4-2-7(12)10-8/h2-5,8H2,1H3,(H,9,11)(H,10,12). The van der Waals surface area contributed by atoms with E-state index in [0.717, 1.165) is 0 Å². The Morgan fingerprint density at radius 1 is 1.38 bits per heavy atom. The second kappa shape index (κ2) is 7.51. The minimum Gasteiger partial charge on any atom is -0.379 e. The van der Waals surface area contributed by atoms with Gasteiger partial charge in [0, 0.05) is 13.5 Å². The van der Waals surface area contributed by atoms with Crippen LogP contribution in [0.3, 0.4) is 0 Å². The van der Waals surface area contributed by atoms with Gasteiger partial charge in [-0.1, -0.05) is 0 Å². The first kappa shape index (κ1) is 11.9. The molecule has 0 aromatic heterocycles. The molecule has 0 aliphatic heterocycles. The van der Waals surface area contributed by atoms with Crippen molar-refractivity contribution < 1.29 is 14.3 Å². The lowest BCUT2D eigenvalue weighted by atomic mass is 10.4. The van der Waals surface area contributed by atoms with E-state index in [1.165, 1.54) is 6.92 Å². The highest BCUT2D eigenvalue weighted by atomic mass is 16.5. The smallest absolute Gasteiger partial charge is 0.236 e. The van der Waals surface area contributed by atoms with Crippen molar-refractivity contribution in [2.24, 2.45) is 5.84 Å². The fourth-order valence-corrected chi connectivity index (χ4v) is 0.638. The van der Waals surface area contributed by atoms with Gasteiger partial charge in [0.25, 0.3) is 0 Å². The van der Waals surface area contributed by atoms with Crippen LogP contribution in [0.5, 0.6) is 0 Å². The van der Waals surface area contributed by atoms with Gasteiger partial charge in [0.2, 0.25) is 11.8 Å². The fourth-order valence-electron chi connectivity index (χ4n) is 0.638. The van der Waals surface area contributed by atoms with E-state index in [9.17, 15) is 9.59 Å². The lowest BCUT2D eigenvalue weighted by molar-refractivity contribution is -0.122. The summed E-state index contributed by atoms with van der Waals surface area (Å²) in [6.45, 7) is 2.60. The Morgan fingerprint density at radius 2 is 2.08 bits per heavy atom. The summed E-state index contributed by atoms with van der Waals surface area (Å²) in [5, 5.41) is 2.56. The third-order valence-electron chi connectivity index (χ3n) is 1.25. The fraction of sp³-hybridized carbons (Fsp3) is 0.714. The van der Waals surface area contributed by atoms with Gasteiger partial charge in [-0.15, -0.1) is 0 Å². The quantitative estimate of drug-likeness (QED) is 0.205. The average molecular weight is 189 g/mol. The molecule has 0 atom stereocenters. The third kappa shape index (κ3) is 8.77. The Bertz CT molecular complexity index is 172. The molecule has 13 heavy (non-hydrogen) atoms. The Balaban J connectivity index is 3.08. The number of hydrazine groups is 1. The summed E-state index contributed by atoms with van der Waals surface area (Å²) in [6, 6.07) is 0. The van der Waals surface area contributed by atoms with Crippen molar-refractivity contribution in [3.8, 4) is 0 Å². The van der Waals surface area contributed by atoms with Gasteiger partial charge in [0.05, 0.1) is 19.6 Å². The minimum atomic E-state index is -0.264. The maximum absolute atomic E-state index is 10.6. The predicted molar refractivity (Wildman–Crippen MR) is 46.4 cm³/mol. The SMILES string of the molecule is CC(=O)NCCOCCC(=O)NN. The van der Waals surface area contributed by atoms with Crippen LogP contribution >= 0.6 is 0 Å². The number of carbonyl (C=O) groups excluding carboxylic acids is 2. The first-order valence-corrected chi connectivity index (χ1v) is 3.98. The van der Waals surface area contributed by atoms with Crippen LogP contribution in [0.15, 0.2) is 0 Å². The molecule has 0 aromatic carbocycles. The van der Waals surface area contributed by atoms with Gasteiger partial charge in [-0.05, 0) is 0 Å². The molecule has 0 heterocycles. The molecule has 6 heteroatoms. The maximum atomic E-state index is 10.6. The van der Waals surface area contributed by atoms with Gasteiger partial charge in [0.15, 0.2) is 0 Å². The molecule has 0 unspecified atom stereocenters. The summed E-state index contributed by atoms with van der Waals surface area (Å²) in [6.07, 6.45) is 0.233. The number of hydrogen-bond donors (Lipinski definition) is 3. The van der Waals surface area contributed by atoms with Crippen molar-refractivity contribution in [2.75, 3.05) is 19.8 Å². The van der Waals surface area contributed by atoms with E-state index in [1.54, 1.807) is 0 Å². The molecular formula is C7H15N3O3. The molecule has 0 fully saturated rings. The monoisotopic (exact) mass is 189 g/mol. The number of amides is 2. The first-order valence-electron chi connectivity index (χ1n) is 3.98. The highest BCUT2D eigenvalue weighted by molar-refractivity contribution is 5.75. The van der Waals surface area contributed by atoms with E-state index >= 15 is 0 Å². The normalized spacial score (nSPS) is 9.38. The maximum Gasteiger partial charge on any atom is 0.236 e. The van der Waals surface area contributed by atoms with Gasteiger partial charge in [-0.25, -0.2) is 5.84 Å². The minimum absolute atomic E-state index is 0.0942. The van der Waals surface area contributed by atoms with E-state index in [0.29, 0.717) is 19.8 Å². The number of ether oxygens (including phenoxy) is 1. The molecule has 0 saturated heterocycles. The van der Waals surface area contributed by atoms with Crippen LogP contribution in [0, 0.1) is 0 Å². The molecule has 4 N–H and O–H groups in total. The van der Waals surface area contributed by atoms with Crippen molar-refractivity contribution in [3.05, 3.63) is 0 Å². The Morgan fingerprint density at radius 3 is 2.62 bits per heavy atom.